The van der Waals surface area contributed by atoms with Crippen molar-refractivity contribution >= 4 is 5.91 Å². The van der Waals surface area contributed by atoms with E-state index in [0.717, 1.165) is 13.1 Å². The Balaban J connectivity index is 1.99. The predicted octanol–water partition coefficient (Wildman–Crippen LogP) is 0.749. The topological polar surface area (TPSA) is 52.6 Å². The van der Waals surface area contributed by atoms with Gasteiger partial charge in [0.15, 0.2) is 0 Å². The van der Waals surface area contributed by atoms with Crippen molar-refractivity contribution < 1.29 is 9.90 Å². The standard InChI is InChI=1S/C12H24N2O2/c1-11(15)5-6-12(16)13-7-10-14-8-3-2-4-9-14/h11,15H,2-10H2,1H3,(H,13,16). The van der Waals surface area contributed by atoms with Crippen LogP contribution in [0.2, 0.25) is 0 Å². The summed E-state index contributed by atoms with van der Waals surface area (Å²) < 4.78 is 0. The molecule has 16 heavy (non-hydrogen) atoms. The molecular weight excluding hydrogens is 204 g/mol. The molecule has 1 heterocycles. The van der Waals surface area contributed by atoms with Crippen LogP contribution in [0.25, 0.3) is 0 Å². The van der Waals surface area contributed by atoms with Crippen LogP contribution >= 0.6 is 0 Å². The molecule has 1 unspecified atom stereocenters. The molecule has 1 aliphatic rings. The van der Waals surface area contributed by atoms with Gasteiger partial charge in [0.1, 0.15) is 0 Å². The Morgan fingerprint density at radius 3 is 2.69 bits per heavy atom. The Labute approximate surface area is 98.0 Å². The monoisotopic (exact) mass is 228 g/mol. The molecule has 1 rings (SSSR count). The minimum Gasteiger partial charge on any atom is -0.393 e. The summed E-state index contributed by atoms with van der Waals surface area (Å²) in [5.74, 6) is 0.0536. The summed E-state index contributed by atoms with van der Waals surface area (Å²) in [5.41, 5.74) is 0. The van der Waals surface area contributed by atoms with Crippen LogP contribution in [0.4, 0.5) is 0 Å². The van der Waals surface area contributed by atoms with E-state index in [2.05, 4.69) is 10.2 Å². The van der Waals surface area contributed by atoms with E-state index in [0.29, 0.717) is 12.8 Å². The Bertz CT molecular complexity index is 201. The van der Waals surface area contributed by atoms with Crippen molar-refractivity contribution in [2.45, 2.75) is 45.1 Å². The van der Waals surface area contributed by atoms with Crippen LogP contribution in [0.5, 0.6) is 0 Å². The van der Waals surface area contributed by atoms with E-state index < -0.39 is 0 Å². The van der Waals surface area contributed by atoms with Gasteiger partial charge in [-0.1, -0.05) is 6.42 Å². The number of rotatable bonds is 6. The number of hydrogen-bond acceptors (Lipinski definition) is 3. The second kappa shape index (κ2) is 7.63. The Kier molecular flexibility index (Phi) is 6.42. The first-order valence-corrected chi connectivity index (χ1v) is 6.35. The molecule has 1 fully saturated rings. The summed E-state index contributed by atoms with van der Waals surface area (Å²) in [7, 11) is 0. The van der Waals surface area contributed by atoms with Gasteiger partial charge >= 0.3 is 0 Å². The van der Waals surface area contributed by atoms with Crippen LogP contribution in [0, 0.1) is 0 Å². The van der Waals surface area contributed by atoms with Gasteiger partial charge in [0.2, 0.25) is 5.91 Å². The van der Waals surface area contributed by atoms with Gasteiger partial charge in [0.05, 0.1) is 6.10 Å². The van der Waals surface area contributed by atoms with Crippen LogP contribution in [0.1, 0.15) is 39.0 Å². The molecule has 0 aromatic carbocycles. The van der Waals surface area contributed by atoms with E-state index in [1.807, 2.05) is 0 Å². The Hall–Kier alpha value is -0.610. The fourth-order valence-electron chi connectivity index (χ4n) is 1.96. The first-order valence-electron chi connectivity index (χ1n) is 6.35. The number of likely N-dealkylation sites (tertiary alicyclic amines) is 1. The highest BCUT2D eigenvalue weighted by Crippen LogP contribution is 2.07. The van der Waals surface area contributed by atoms with Gasteiger partial charge < -0.3 is 15.3 Å². The number of aliphatic hydroxyl groups excluding tert-OH is 1. The van der Waals surface area contributed by atoms with Crippen molar-refractivity contribution in [1.82, 2.24) is 10.2 Å². The number of amides is 1. The van der Waals surface area contributed by atoms with Crippen LogP contribution in [-0.4, -0.2) is 48.2 Å². The zero-order valence-corrected chi connectivity index (χ0v) is 10.2. The van der Waals surface area contributed by atoms with Crippen molar-refractivity contribution in [3.8, 4) is 0 Å². The molecule has 1 aliphatic heterocycles. The number of nitrogens with one attached hydrogen (secondary N) is 1. The maximum atomic E-state index is 11.3. The molecule has 0 aromatic heterocycles. The van der Waals surface area contributed by atoms with Crippen LogP contribution in [-0.2, 0) is 4.79 Å². The molecule has 0 spiro atoms. The number of carbonyl (C=O) groups is 1. The molecule has 1 amide bonds. The molecule has 94 valence electrons. The number of nitrogens with zero attached hydrogens (tertiary/aromatic N) is 1. The highest BCUT2D eigenvalue weighted by molar-refractivity contribution is 5.75. The molecule has 0 aliphatic carbocycles. The lowest BCUT2D eigenvalue weighted by Crippen LogP contribution is -2.37. The molecule has 0 radical (unpaired) electrons. The maximum absolute atomic E-state index is 11.3. The Morgan fingerprint density at radius 1 is 1.38 bits per heavy atom. The van der Waals surface area contributed by atoms with Crippen molar-refractivity contribution in [2.24, 2.45) is 0 Å². The summed E-state index contributed by atoms with van der Waals surface area (Å²) >= 11 is 0. The molecule has 1 saturated heterocycles. The number of hydrogen-bond donors (Lipinski definition) is 2. The van der Waals surface area contributed by atoms with Crippen molar-refractivity contribution in [1.29, 1.82) is 0 Å². The fourth-order valence-corrected chi connectivity index (χ4v) is 1.96. The largest absolute Gasteiger partial charge is 0.393 e. The van der Waals surface area contributed by atoms with E-state index in [-0.39, 0.29) is 12.0 Å². The molecule has 1 atom stereocenters. The van der Waals surface area contributed by atoms with Gasteiger partial charge in [0.25, 0.3) is 0 Å². The predicted molar refractivity (Wildman–Crippen MR) is 64.2 cm³/mol. The summed E-state index contributed by atoms with van der Waals surface area (Å²) in [6, 6.07) is 0. The second-order valence-electron chi connectivity index (χ2n) is 4.64. The van der Waals surface area contributed by atoms with Gasteiger partial charge in [-0.25, -0.2) is 0 Å². The highest BCUT2D eigenvalue weighted by Gasteiger charge is 2.10. The molecule has 0 saturated carbocycles. The van der Waals surface area contributed by atoms with E-state index in [9.17, 15) is 4.79 Å². The average molecular weight is 228 g/mol. The SMILES string of the molecule is CC(O)CCC(=O)NCCN1CCCCC1. The average Bonchev–Trinajstić information content (AvgIpc) is 2.28. The van der Waals surface area contributed by atoms with Crippen molar-refractivity contribution in [3.63, 3.8) is 0 Å². The smallest absolute Gasteiger partial charge is 0.220 e. The van der Waals surface area contributed by atoms with Crippen LogP contribution in [0.3, 0.4) is 0 Å². The van der Waals surface area contributed by atoms with Gasteiger partial charge in [-0.15, -0.1) is 0 Å². The minimum absolute atomic E-state index is 0.0536. The first kappa shape index (κ1) is 13.5. The maximum Gasteiger partial charge on any atom is 0.220 e. The van der Waals surface area contributed by atoms with E-state index >= 15 is 0 Å². The zero-order chi connectivity index (χ0) is 11.8. The molecule has 4 nitrogen and oxygen atoms in total. The fraction of sp³-hybridized carbons (Fsp3) is 0.917. The van der Waals surface area contributed by atoms with Gasteiger partial charge in [-0.3, -0.25) is 4.79 Å². The van der Waals surface area contributed by atoms with Crippen molar-refractivity contribution in [2.75, 3.05) is 26.2 Å². The Morgan fingerprint density at radius 2 is 2.06 bits per heavy atom. The van der Waals surface area contributed by atoms with E-state index in [1.165, 1.54) is 32.4 Å². The van der Waals surface area contributed by atoms with Crippen molar-refractivity contribution in [3.05, 3.63) is 0 Å². The van der Waals surface area contributed by atoms with E-state index in [4.69, 9.17) is 5.11 Å². The number of piperidine rings is 1. The van der Waals surface area contributed by atoms with Gasteiger partial charge in [-0.2, -0.15) is 0 Å². The second-order valence-corrected chi connectivity index (χ2v) is 4.64. The number of aliphatic hydroxyl groups is 1. The van der Waals surface area contributed by atoms with Crippen LogP contribution < -0.4 is 5.32 Å². The third kappa shape index (κ3) is 6.08. The number of carbonyl (C=O) groups excluding carboxylic acids is 1. The highest BCUT2D eigenvalue weighted by atomic mass is 16.3. The lowest BCUT2D eigenvalue weighted by atomic mass is 10.1. The summed E-state index contributed by atoms with van der Waals surface area (Å²) in [6.45, 7) is 5.74. The summed E-state index contributed by atoms with van der Waals surface area (Å²) in [6.07, 6.45) is 4.52. The lowest BCUT2D eigenvalue weighted by Gasteiger charge is -2.26. The minimum atomic E-state index is -0.382. The third-order valence-electron chi connectivity index (χ3n) is 2.99. The third-order valence-corrected chi connectivity index (χ3v) is 2.99. The normalized spacial score (nSPS) is 19.4. The van der Waals surface area contributed by atoms with Gasteiger partial charge in [0, 0.05) is 19.5 Å². The molecular formula is C12H24N2O2. The van der Waals surface area contributed by atoms with Gasteiger partial charge in [-0.05, 0) is 39.3 Å². The quantitative estimate of drug-likeness (QED) is 0.705. The summed E-state index contributed by atoms with van der Waals surface area (Å²) in [4.78, 5) is 13.7. The first-order chi connectivity index (χ1) is 7.68. The molecule has 0 aromatic rings. The molecule has 2 N–H and O–H groups in total. The lowest BCUT2D eigenvalue weighted by molar-refractivity contribution is -0.121. The zero-order valence-electron chi connectivity index (χ0n) is 10.2. The summed E-state index contributed by atoms with van der Waals surface area (Å²) in [5, 5.41) is 11.9. The molecule has 4 heteroatoms. The van der Waals surface area contributed by atoms with E-state index in [1.54, 1.807) is 6.92 Å². The molecule has 0 bridgehead atoms. The van der Waals surface area contributed by atoms with Crippen LogP contribution in [0.15, 0.2) is 0 Å².